The Morgan fingerprint density at radius 3 is 1.89 bits per heavy atom. The molecule has 222 valence electrons. The molecule has 5 amide bonds. The van der Waals surface area contributed by atoms with E-state index in [1.165, 1.54) is 13.2 Å². The number of hydrogen-bond donors (Lipinski definition) is 1. The molecule has 0 radical (unpaired) electrons. The van der Waals surface area contributed by atoms with Crippen LogP contribution in [0.2, 0.25) is 0 Å². The van der Waals surface area contributed by atoms with Gasteiger partial charge in [0.1, 0.15) is 11.3 Å². The molecule has 11 heteroatoms. The summed E-state index contributed by atoms with van der Waals surface area (Å²) in [6.45, 7) is -0.321. The number of hydrogen-bond acceptors (Lipinski definition) is 7. The summed E-state index contributed by atoms with van der Waals surface area (Å²) in [4.78, 5) is 55.3. The van der Waals surface area contributed by atoms with E-state index >= 15 is 0 Å². The second kappa shape index (κ2) is 13.3. The Kier molecular flexibility index (Phi) is 9.06. The maximum Gasteiger partial charge on any atom is 0.343 e. The number of nitrogens with zero attached hydrogens (tertiary/aromatic N) is 2. The zero-order valence-electron chi connectivity index (χ0n) is 23.7. The molecule has 1 fully saturated rings. The molecule has 10 nitrogen and oxygen atoms in total. The number of barbiturate groups is 1. The number of urea groups is 1. The molecule has 0 unspecified atom stereocenters. The van der Waals surface area contributed by atoms with Crippen LogP contribution in [0.5, 0.6) is 17.2 Å². The Bertz CT molecular complexity index is 1680. The molecule has 1 heterocycles. The molecular formula is C33H26BrN3O7. The predicted octanol–water partition coefficient (Wildman–Crippen LogP) is 6.07. The van der Waals surface area contributed by atoms with Crippen LogP contribution >= 0.6 is 15.9 Å². The molecule has 0 atom stereocenters. The minimum absolute atomic E-state index is 0.237. The van der Waals surface area contributed by atoms with Crippen LogP contribution in [0.15, 0.2) is 107 Å². The lowest BCUT2D eigenvalue weighted by Crippen LogP contribution is -2.57. The SMILES string of the molecule is COc1ccc(NC(=O)COc2c(Br)cc(C=C3C(=O)N(c4ccccc4)C(=O)N(c4ccccc4)C3=O)cc2OC)cc1. The van der Waals surface area contributed by atoms with Crippen molar-refractivity contribution in [2.45, 2.75) is 0 Å². The average Bonchev–Trinajstić information content (AvgIpc) is 3.03. The minimum Gasteiger partial charge on any atom is -0.497 e. The summed E-state index contributed by atoms with van der Waals surface area (Å²) in [5, 5.41) is 2.74. The lowest BCUT2D eigenvalue weighted by atomic mass is 10.0. The van der Waals surface area contributed by atoms with Crippen molar-refractivity contribution in [2.24, 2.45) is 0 Å². The molecule has 0 aliphatic carbocycles. The van der Waals surface area contributed by atoms with Gasteiger partial charge in [-0.3, -0.25) is 14.4 Å². The molecule has 1 aliphatic heterocycles. The van der Waals surface area contributed by atoms with E-state index in [1.54, 1.807) is 104 Å². The third-order valence-corrected chi connectivity index (χ3v) is 7.15. The van der Waals surface area contributed by atoms with Gasteiger partial charge < -0.3 is 19.5 Å². The van der Waals surface area contributed by atoms with Gasteiger partial charge in [0.05, 0.1) is 30.1 Å². The van der Waals surface area contributed by atoms with E-state index in [9.17, 15) is 19.2 Å². The van der Waals surface area contributed by atoms with Crippen LogP contribution in [-0.2, 0) is 14.4 Å². The molecule has 0 bridgehead atoms. The van der Waals surface area contributed by atoms with E-state index in [-0.39, 0.29) is 23.7 Å². The monoisotopic (exact) mass is 655 g/mol. The average molecular weight is 656 g/mol. The summed E-state index contributed by atoms with van der Waals surface area (Å²) in [6, 6.07) is 26.0. The number of amides is 5. The van der Waals surface area contributed by atoms with Gasteiger partial charge in [0.2, 0.25) is 0 Å². The third-order valence-electron chi connectivity index (χ3n) is 6.56. The summed E-state index contributed by atoms with van der Waals surface area (Å²) in [5.41, 5.74) is 1.38. The van der Waals surface area contributed by atoms with E-state index in [0.29, 0.717) is 32.8 Å². The topological polar surface area (TPSA) is 114 Å². The van der Waals surface area contributed by atoms with Crippen molar-refractivity contribution in [3.05, 3.63) is 113 Å². The smallest absolute Gasteiger partial charge is 0.343 e. The van der Waals surface area contributed by atoms with Gasteiger partial charge in [0, 0.05) is 5.69 Å². The molecular weight excluding hydrogens is 630 g/mol. The molecule has 4 aromatic rings. The van der Waals surface area contributed by atoms with Crippen LogP contribution in [0.4, 0.5) is 21.9 Å². The summed E-state index contributed by atoms with van der Waals surface area (Å²) in [7, 11) is 2.98. The van der Waals surface area contributed by atoms with E-state index in [4.69, 9.17) is 14.2 Å². The summed E-state index contributed by atoms with van der Waals surface area (Å²) < 4.78 is 16.8. The van der Waals surface area contributed by atoms with Crippen molar-refractivity contribution in [1.29, 1.82) is 0 Å². The molecule has 0 spiro atoms. The van der Waals surface area contributed by atoms with Crippen LogP contribution in [-0.4, -0.2) is 44.6 Å². The standard InChI is InChI=1S/C33H26BrN3O7/c1-42-25-15-13-22(14-16-25)35-29(38)20-44-30-27(34)18-21(19-28(30)43-2)17-26-31(39)36(23-9-5-3-6-10-23)33(41)37(32(26)40)24-11-7-4-8-12-24/h3-19H,20H2,1-2H3,(H,35,38). The van der Waals surface area contributed by atoms with E-state index < -0.39 is 23.8 Å². The maximum atomic E-state index is 13.7. The molecule has 1 aliphatic rings. The first-order valence-corrected chi connectivity index (χ1v) is 14.1. The third kappa shape index (κ3) is 6.32. The van der Waals surface area contributed by atoms with Crippen molar-refractivity contribution in [3.63, 3.8) is 0 Å². The minimum atomic E-state index is -0.787. The number of halogens is 1. The first-order chi connectivity index (χ1) is 21.3. The summed E-state index contributed by atoms with van der Waals surface area (Å²) >= 11 is 3.45. The number of imide groups is 2. The highest BCUT2D eigenvalue weighted by Crippen LogP contribution is 2.38. The fourth-order valence-corrected chi connectivity index (χ4v) is 5.05. The summed E-state index contributed by atoms with van der Waals surface area (Å²) in [6.07, 6.45) is 1.39. The Balaban J connectivity index is 1.43. The van der Waals surface area contributed by atoms with Crippen molar-refractivity contribution >= 4 is 62.8 Å². The van der Waals surface area contributed by atoms with Crippen molar-refractivity contribution in [1.82, 2.24) is 0 Å². The lowest BCUT2D eigenvalue weighted by molar-refractivity contribution is -0.121. The van der Waals surface area contributed by atoms with Gasteiger partial charge in [-0.25, -0.2) is 14.6 Å². The van der Waals surface area contributed by atoms with E-state index in [0.717, 1.165) is 9.80 Å². The van der Waals surface area contributed by atoms with Crippen LogP contribution in [0.3, 0.4) is 0 Å². The van der Waals surface area contributed by atoms with Crippen LogP contribution in [0, 0.1) is 0 Å². The van der Waals surface area contributed by atoms with Crippen molar-refractivity contribution in [2.75, 3.05) is 35.9 Å². The largest absolute Gasteiger partial charge is 0.497 e. The van der Waals surface area contributed by atoms with Crippen LogP contribution < -0.4 is 29.3 Å². The highest BCUT2D eigenvalue weighted by atomic mass is 79.9. The van der Waals surface area contributed by atoms with Gasteiger partial charge in [-0.15, -0.1) is 0 Å². The number of carbonyl (C=O) groups excluding carboxylic acids is 4. The van der Waals surface area contributed by atoms with Gasteiger partial charge in [-0.2, -0.15) is 0 Å². The van der Waals surface area contributed by atoms with Gasteiger partial charge >= 0.3 is 6.03 Å². The highest BCUT2D eigenvalue weighted by molar-refractivity contribution is 9.10. The first-order valence-electron chi connectivity index (χ1n) is 13.3. The maximum absolute atomic E-state index is 13.7. The van der Waals surface area contributed by atoms with Gasteiger partial charge in [-0.05, 0) is 88.2 Å². The Hall–Kier alpha value is -5.42. The number of benzene rings is 4. The molecule has 1 N–H and O–H groups in total. The number of methoxy groups -OCH3 is 2. The second-order valence-electron chi connectivity index (χ2n) is 9.39. The fourth-order valence-electron chi connectivity index (χ4n) is 4.48. The molecule has 44 heavy (non-hydrogen) atoms. The molecule has 0 aromatic heterocycles. The first kappa shape index (κ1) is 30.1. The normalized spacial score (nSPS) is 13.1. The zero-order chi connectivity index (χ0) is 31.2. The van der Waals surface area contributed by atoms with E-state index in [2.05, 4.69) is 21.2 Å². The Morgan fingerprint density at radius 2 is 1.36 bits per heavy atom. The Morgan fingerprint density at radius 1 is 0.795 bits per heavy atom. The molecule has 1 saturated heterocycles. The van der Waals surface area contributed by atoms with Gasteiger partial charge in [0.15, 0.2) is 18.1 Å². The van der Waals surface area contributed by atoms with Crippen molar-refractivity contribution in [3.8, 4) is 17.2 Å². The van der Waals surface area contributed by atoms with Crippen LogP contribution in [0.1, 0.15) is 5.56 Å². The molecule has 4 aromatic carbocycles. The molecule has 5 rings (SSSR count). The second-order valence-corrected chi connectivity index (χ2v) is 10.2. The Labute approximate surface area is 261 Å². The number of rotatable bonds is 9. The fraction of sp³-hybridized carbons (Fsp3) is 0.0909. The van der Waals surface area contributed by atoms with E-state index in [1.807, 2.05) is 0 Å². The predicted molar refractivity (Wildman–Crippen MR) is 169 cm³/mol. The number of ether oxygens (including phenoxy) is 3. The molecule has 0 saturated carbocycles. The quantitative estimate of drug-likeness (QED) is 0.172. The number of anilines is 3. The highest BCUT2D eigenvalue weighted by Gasteiger charge is 2.43. The summed E-state index contributed by atoms with van der Waals surface area (Å²) in [5.74, 6) is -0.803. The zero-order valence-corrected chi connectivity index (χ0v) is 25.2. The van der Waals surface area contributed by atoms with Gasteiger partial charge in [-0.1, -0.05) is 36.4 Å². The van der Waals surface area contributed by atoms with Crippen LogP contribution in [0.25, 0.3) is 6.08 Å². The number of carbonyl (C=O) groups is 4. The lowest BCUT2D eigenvalue weighted by Gasteiger charge is -2.34. The van der Waals surface area contributed by atoms with Gasteiger partial charge in [0.25, 0.3) is 17.7 Å². The number of nitrogens with one attached hydrogen (secondary N) is 1. The number of para-hydroxylation sites is 2. The van der Waals surface area contributed by atoms with Crippen molar-refractivity contribution < 1.29 is 33.4 Å².